The van der Waals surface area contributed by atoms with Gasteiger partial charge in [0, 0.05) is 6.42 Å². The van der Waals surface area contributed by atoms with Gasteiger partial charge in [-0.25, -0.2) is 4.98 Å². The highest BCUT2D eigenvalue weighted by molar-refractivity contribution is 5.76. The fraction of sp³-hybridized carbons (Fsp3) is 0.588. The minimum absolute atomic E-state index is 0.161. The molecule has 1 aromatic heterocycles. The van der Waals surface area contributed by atoms with Gasteiger partial charge in [-0.15, -0.1) is 0 Å². The number of aromatic nitrogens is 2. The van der Waals surface area contributed by atoms with Crippen LogP contribution in [0, 0.1) is 11.8 Å². The largest absolute Gasteiger partial charge is 0.391 e. The topological polar surface area (TPSA) is 38.0 Å². The van der Waals surface area contributed by atoms with Gasteiger partial charge in [-0.2, -0.15) is 0 Å². The van der Waals surface area contributed by atoms with E-state index in [2.05, 4.69) is 43.5 Å². The van der Waals surface area contributed by atoms with E-state index in [9.17, 15) is 5.11 Å². The summed E-state index contributed by atoms with van der Waals surface area (Å²) in [6.45, 7) is 6.64. The Hall–Kier alpha value is -1.35. The third-order valence-electron chi connectivity index (χ3n) is 4.68. The molecular weight excluding hydrogens is 248 g/mol. The summed E-state index contributed by atoms with van der Waals surface area (Å²) in [6.07, 6.45) is 2.71. The molecule has 1 heterocycles. The van der Waals surface area contributed by atoms with E-state index in [0.717, 1.165) is 29.7 Å². The molecule has 108 valence electrons. The summed E-state index contributed by atoms with van der Waals surface area (Å²) < 4.78 is 2.30. The first-order chi connectivity index (χ1) is 9.61. The number of nitrogens with zero attached hydrogens (tertiary/aromatic N) is 2. The smallest absolute Gasteiger partial charge is 0.109 e. The Kier molecular flexibility index (Phi) is 3.55. The molecule has 1 aromatic carbocycles. The molecule has 0 spiro atoms. The Morgan fingerprint density at radius 1 is 1.25 bits per heavy atom. The summed E-state index contributed by atoms with van der Waals surface area (Å²) in [5, 5.41) is 10.6. The molecule has 1 N–H and O–H groups in total. The summed E-state index contributed by atoms with van der Waals surface area (Å²) in [7, 11) is 0. The molecule has 1 aliphatic rings. The average Bonchev–Trinajstić information content (AvgIpc) is 2.76. The highest BCUT2D eigenvalue weighted by Crippen LogP contribution is 2.39. The maximum atomic E-state index is 10.6. The second kappa shape index (κ2) is 5.21. The van der Waals surface area contributed by atoms with Crippen molar-refractivity contribution < 1.29 is 5.11 Å². The number of hydrogen-bond acceptors (Lipinski definition) is 2. The summed E-state index contributed by atoms with van der Waals surface area (Å²) in [5.74, 6) is 2.18. The Bertz CT molecular complexity index is 592. The van der Waals surface area contributed by atoms with Crippen molar-refractivity contribution in [2.75, 3.05) is 0 Å². The van der Waals surface area contributed by atoms with Gasteiger partial charge >= 0.3 is 0 Å². The Morgan fingerprint density at radius 2 is 2.00 bits per heavy atom. The Labute approximate surface area is 120 Å². The highest BCUT2D eigenvalue weighted by Gasteiger charge is 2.35. The van der Waals surface area contributed by atoms with Gasteiger partial charge in [-0.1, -0.05) is 32.9 Å². The van der Waals surface area contributed by atoms with E-state index in [-0.39, 0.29) is 12.1 Å². The zero-order valence-electron chi connectivity index (χ0n) is 12.6. The van der Waals surface area contributed by atoms with Crippen LogP contribution in [0.3, 0.4) is 0 Å². The summed E-state index contributed by atoms with van der Waals surface area (Å²) in [6, 6.07) is 8.44. The molecule has 3 nitrogen and oxygen atoms in total. The van der Waals surface area contributed by atoms with Crippen LogP contribution >= 0.6 is 0 Å². The predicted molar refractivity (Wildman–Crippen MR) is 81.7 cm³/mol. The number of rotatable bonds is 2. The monoisotopic (exact) mass is 272 g/mol. The van der Waals surface area contributed by atoms with E-state index >= 15 is 0 Å². The van der Waals surface area contributed by atoms with Crippen molar-refractivity contribution in [3.63, 3.8) is 0 Å². The van der Waals surface area contributed by atoms with Gasteiger partial charge in [-0.05, 0) is 36.8 Å². The van der Waals surface area contributed by atoms with Crippen molar-refractivity contribution >= 4 is 11.0 Å². The molecule has 0 radical (unpaired) electrons. The van der Waals surface area contributed by atoms with Crippen molar-refractivity contribution in [3.8, 4) is 0 Å². The molecule has 0 amide bonds. The molecule has 1 fully saturated rings. The normalized spacial score (nSPS) is 30.8. The molecule has 4 unspecified atom stereocenters. The van der Waals surface area contributed by atoms with Crippen molar-refractivity contribution in [3.05, 3.63) is 30.1 Å². The first-order valence-electron chi connectivity index (χ1n) is 7.75. The van der Waals surface area contributed by atoms with Crippen LogP contribution in [0.15, 0.2) is 24.3 Å². The van der Waals surface area contributed by atoms with E-state index in [1.165, 1.54) is 6.42 Å². The zero-order chi connectivity index (χ0) is 14.3. The highest BCUT2D eigenvalue weighted by atomic mass is 16.3. The van der Waals surface area contributed by atoms with Gasteiger partial charge in [0.05, 0.1) is 23.2 Å². The van der Waals surface area contributed by atoms with Gasteiger partial charge < -0.3 is 9.67 Å². The van der Waals surface area contributed by atoms with Crippen molar-refractivity contribution in [1.82, 2.24) is 9.55 Å². The fourth-order valence-corrected chi connectivity index (χ4v) is 3.90. The Morgan fingerprint density at radius 3 is 2.70 bits per heavy atom. The third kappa shape index (κ3) is 2.14. The molecule has 0 aliphatic heterocycles. The van der Waals surface area contributed by atoms with Crippen LogP contribution in [0.25, 0.3) is 11.0 Å². The van der Waals surface area contributed by atoms with Crippen LogP contribution < -0.4 is 0 Å². The molecule has 1 aliphatic carbocycles. The minimum atomic E-state index is -0.267. The lowest BCUT2D eigenvalue weighted by atomic mass is 9.77. The second-order valence-electron chi connectivity index (χ2n) is 6.35. The van der Waals surface area contributed by atoms with Gasteiger partial charge in [0.15, 0.2) is 0 Å². The van der Waals surface area contributed by atoms with Crippen LogP contribution in [-0.4, -0.2) is 20.8 Å². The quantitative estimate of drug-likeness (QED) is 0.907. The van der Waals surface area contributed by atoms with Crippen molar-refractivity contribution in [2.24, 2.45) is 11.8 Å². The molecule has 2 aromatic rings. The molecule has 3 heteroatoms. The lowest BCUT2D eigenvalue weighted by Gasteiger charge is -2.38. The van der Waals surface area contributed by atoms with Crippen LogP contribution in [0.1, 0.15) is 45.5 Å². The first-order valence-corrected chi connectivity index (χ1v) is 7.75. The molecule has 3 rings (SSSR count). The fourth-order valence-electron chi connectivity index (χ4n) is 3.90. The first kappa shape index (κ1) is 13.6. The van der Waals surface area contributed by atoms with E-state index in [1.807, 2.05) is 6.07 Å². The Balaban J connectivity index is 2.12. The minimum Gasteiger partial charge on any atom is -0.391 e. The van der Waals surface area contributed by atoms with Crippen LogP contribution in [0.5, 0.6) is 0 Å². The predicted octanol–water partition coefficient (Wildman–Crippen LogP) is 3.57. The third-order valence-corrected chi connectivity index (χ3v) is 4.68. The maximum Gasteiger partial charge on any atom is 0.109 e. The number of fused-ring (bicyclic) bond motifs is 1. The maximum absolute atomic E-state index is 10.6. The van der Waals surface area contributed by atoms with Gasteiger partial charge in [-0.3, -0.25) is 0 Å². The van der Waals surface area contributed by atoms with E-state index in [4.69, 9.17) is 4.98 Å². The van der Waals surface area contributed by atoms with Crippen molar-refractivity contribution in [2.45, 2.75) is 52.2 Å². The lowest BCUT2D eigenvalue weighted by molar-refractivity contribution is 0.0240. The average molecular weight is 272 g/mol. The summed E-state index contributed by atoms with van der Waals surface area (Å²) >= 11 is 0. The van der Waals surface area contributed by atoms with Crippen LogP contribution in [0.4, 0.5) is 0 Å². The summed E-state index contributed by atoms with van der Waals surface area (Å²) in [5.41, 5.74) is 2.21. The lowest BCUT2D eigenvalue weighted by Crippen LogP contribution is -2.37. The summed E-state index contributed by atoms with van der Waals surface area (Å²) in [4.78, 5) is 4.75. The SMILES string of the molecule is CCc1nc2ccccc2n1C1C(C)CC(C)CC1O. The number of aryl methyl sites for hydroxylation is 1. The number of aliphatic hydroxyl groups excluding tert-OH is 1. The standard InChI is InChI=1S/C17H24N2O/c1-4-16-18-13-7-5-6-8-14(13)19(16)17-12(3)9-11(2)10-15(17)20/h5-8,11-12,15,17,20H,4,9-10H2,1-3H3. The number of imidazole rings is 1. The van der Waals surface area contributed by atoms with E-state index in [0.29, 0.717) is 11.8 Å². The van der Waals surface area contributed by atoms with Crippen LogP contribution in [-0.2, 0) is 6.42 Å². The molecule has 1 saturated carbocycles. The number of benzene rings is 1. The van der Waals surface area contributed by atoms with Gasteiger partial charge in [0.1, 0.15) is 5.82 Å². The molecule has 0 saturated heterocycles. The number of hydrogen-bond donors (Lipinski definition) is 1. The van der Waals surface area contributed by atoms with Gasteiger partial charge in [0.25, 0.3) is 0 Å². The molecule has 4 atom stereocenters. The van der Waals surface area contributed by atoms with E-state index in [1.54, 1.807) is 0 Å². The second-order valence-corrected chi connectivity index (χ2v) is 6.35. The molecular formula is C17H24N2O. The number of aliphatic hydroxyl groups is 1. The molecule has 0 bridgehead atoms. The number of para-hydroxylation sites is 2. The molecule has 20 heavy (non-hydrogen) atoms. The van der Waals surface area contributed by atoms with Gasteiger partial charge in [0.2, 0.25) is 0 Å². The zero-order valence-corrected chi connectivity index (χ0v) is 12.6. The van der Waals surface area contributed by atoms with E-state index < -0.39 is 0 Å². The van der Waals surface area contributed by atoms with Crippen molar-refractivity contribution in [1.29, 1.82) is 0 Å². The van der Waals surface area contributed by atoms with Crippen LogP contribution in [0.2, 0.25) is 0 Å².